The van der Waals surface area contributed by atoms with E-state index in [0.717, 1.165) is 24.4 Å². The fourth-order valence-electron chi connectivity index (χ4n) is 3.86. The van der Waals surface area contributed by atoms with Crippen LogP contribution in [0.4, 0.5) is 10.6 Å². The Labute approximate surface area is 165 Å². The first-order chi connectivity index (χ1) is 13.6. The van der Waals surface area contributed by atoms with Gasteiger partial charge in [-0.25, -0.2) is 9.78 Å². The Bertz CT molecular complexity index is 876. The third kappa shape index (κ3) is 3.30. The number of amidine groups is 1. The summed E-state index contributed by atoms with van der Waals surface area (Å²) in [6, 6.07) is 10.3. The molecule has 2 amide bonds. The number of imidazole rings is 1. The molecule has 2 aliphatic rings. The van der Waals surface area contributed by atoms with Gasteiger partial charge in [-0.05, 0) is 32.3 Å². The minimum absolute atomic E-state index is 0.0363. The van der Waals surface area contributed by atoms with Crippen molar-refractivity contribution in [3.63, 3.8) is 0 Å². The average Bonchev–Trinajstić information content (AvgIpc) is 3.31. The van der Waals surface area contributed by atoms with Crippen LogP contribution in [0.5, 0.6) is 0 Å². The Morgan fingerprint density at radius 3 is 2.79 bits per heavy atom. The summed E-state index contributed by atoms with van der Waals surface area (Å²) in [5, 5.41) is 0. The standard InChI is InChI=1S/C21H27N5O2/c1-4-11-25-20-17(23-18(24-20)14(3)28-5-2)19-22-16(13-26(19)21(25)27)12-15-9-7-6-8-10-15/h6-10,14,16H,4-5,11-13H2,1-3H3,(H,23,24). The Balaban J connectivity index is 1.68. The molecule has 0 spiro atoms. The summed E-state index contributed by atoms with van der Waals surface area (Å²) in [5.41, 5.74) is 2.05. The Morgan fingerprint density at radius 2 is 2.07 bits per heavy atom. The second kappa shape index (κ2) is 7.75. The number of hydrogen-bond donors (Lipinski definition) is 1. The van der Waals surface area contributed by atoms with E-state index >= 15 is 0 Å². The number of hydrogen-bond acceptors (Lipinski definition) is 4. The molecule has 28 heavy (non-hydrogen) atoms. The van der Waals surface area contributed by atoms with E-state index in [4.69, 9.17) is 14.7 Å². The Hall–Kier alpha value is -2.67. The van der Waals surface area contributed by atoms with E-state index in [1.165, 1.54) is 5.56 Å². The van der Waals surface area contributed by atoms with Gasteiger partial charge in [-0.3, -0.25) is 14.8 Å². The number of rotatable bonds is 7. The van der Waals surface area contributed by atoms with E-state index in [9.17, 15) is 4.79 Å². The Morgan fingerprint density at radius 1 is 1.29 bits per heavy atom. The van der Waals surface area contributed by atoms with E-state index in [-0.39, 0.29) is 18.2 Å². The number of aromatic amines is 1. The first kappa shape index (κ1) is 18.7. The summed E-state index contributed by atoms with van der Waals surface area (Å²) in [6.45, 7) is 7.82. The van der Waals surface area contributed by atoms with Gasteiger partial charge < -0.3 is 9.72 Å². The zero-order valence-corrected chi connectivity index (χ0v) is 16.7. The van der Waals surface area contributed by atoms with Crippen molar-refractivity contribution in [1.82, 2.24) is 14.9 Å². The van der Waals surface area contributed by atoms with Crippen LogP contribution in [0.2, 0.25) is 0 Å². The van der Waals surface area contributed by atoms with Gasteiger partial charge in [0.05, 0.1) is 12.6 Å². The summed E-state index contributed by atoms with van der Waals surface area (Å²) in [5.74, 6) is 2.11. The fraction of sp³-hybridized carbons (Fsp3) is 0.476. The van der Waals surface area contributed by atoms with Crippen LogP contribution in [0.1, 0.15) is 50.4 Å². The molecule has 2 aromatic rings. The molecule has 4 rings (SSSR count). The van der Waals surface area contributed by atoms with Gasteiger partial charge in [0.25, 0.3) is 0 Å². The molecule has 2 unspecified atom stereocenters. The van der Waals surface area contributed by atoms with Crippen LogP contribution in [-0.2, 0) is 11.2 Å². The zero-order chi connectivity index (χ0) is 19.7. The summed E-state index contributed by atoms with van der Waals surface area (Å²) < 4.78 is 5.69. The highest BCUT2D eigenvalue weighted by Crippen LogP contribution is 2.33. The maximum absolute atomic E-state index is 13.1. The van der Waals surface area contributed by atoms with Crippen LogP contribution in [0, 0.1) is 0 Å². The maximum Gasteiger partial charge on any atom is 0.331 e. The van der Waals surface area contributed by atoms with Crippen molar-refractivity contribution in [3.05, 3.63) is 47.4 Å². The van der Waals surface area contributed by atoms with Crippen LogP contribution in [0.15, 0.2) is 35.3 Å². The lowest BCUT2D eigenvalue weighted by Crippen LogP contribution is -2.50. The molecule has 0 fully saturated rings. The predicted octanol–water partition coefficient (Wildman–Crippen LogP) is 3.53. The number of ether oxygens (including phenoxy) is 1. The topological polar surface area (TPSA) is 73.8 Å². The van der Waals surface area contributed by atoms with Crippen LogP contribution in [0.25, 0.3) is 0 Å². The van der Waals surface area contributed by atoms with Crippen LogP contribution < -0.4 is 4.90 Å². The van der Waals surface area contributed by atoms with Gasteiger partial charge in [0.15, 0.2) is 11.7 Å². The van der Waals surface area contributed by atoms with Crippen molar-refractivity contribution in [2.24, 2.45) is 4.99 Å². The molecule has 0 radical (unpaired) electrons. The lowest BCUT2D eigenvalue weighted by molar-refractivity contribution is 0.0707. The number of amides is 2. The van der Waals surface area contributed by atoms with Crippen molar-refractivity contribution >= 4 is 17.7 Å². The molecule has 1 aromatic heterocycles. The van der Waals surface area contributed by atoms with E-state index in [0.29, 0.717) is 31.3 Å². The van der Waals surface area contributed by atoms with Crippen molar-refractivity contribution in [3.8, 4) is 0 Å². The molecule has 2 aliphatic heterocycles. The normalized spacial score (nSPS) is 19.5. The van der Waals surface area contributed by atoms with Gasteiger partial charge >= 0.3 is 6.03 Å². The third-order valence-electron chi connectivity index (χ3n) is 5.16. The minimum Gasteiger partial charge on any atom is -0.371 e. The van der Waals surface area contributed by atoms with Gasteiger partial charge in [-0.1, -0.05) is 37.3 Å². The fourth-order valence-corrected chi connectivity index (χ4v) is 3.86. The number of H-pyrrole nitrogens is 1. The second-order valence-corrected chi connectivity index (χ2v) is 7.26. The molecule has 1 N–H and O–H groups in total. The lowest BCUT2D eigenvalue weighted by atomic mass is 10.1. The van der Waals surface area contributed by atoms with Crippen LogP contribution in [0.3, 0.4) is 0 Å². The van der Waals surface area contributed by atoms with Gasteiger partial charge in [0.2, 0.25) is 0 Å². The van der Waals surface area contributed by atoms with Gasteiger partial charge in [-0.15, -0.1) is 0 Å². The van der Waals surface area contributed by atoms with E-state index < -0.39 is 0 Å². The van der Waals surface area contributed by atoms with E-state index in [1.54, 1.807) is 9.80 Å². The highest BCUT2D eigenvalue weighted by Gasteiger charge is 2.42. The number of urea groups is 1. The molecule has 0 saturated carbocycles. The summed E-state index contributed by atoms with van der Waals surface area (Å²) in [4.78, 5) is 29.7. The number of aromatic nitrogens is 2. The molecule has 1 aromatic carbocycles. The number of aliphatic imine (C=N–C) groups is 1. The number of benzene rings is 1. The molecule has 0 aliphatic carbocycles. The lowest BCUT2D eigenvalue weighted by Gasteiger charge is -2.32. The number of fused-ring (bicyclic) bond motifs is 3. The third-order valence-corrected chi connectivity index (χ3v) is 5.16. The van der Waals surface area contributed by atoms with Crippen LogP contribution in [-0.4, -0.2) is 52.5 Å². The molecule has 7 heteroatoms. The molecule has 7 nitrogen and oxygen atoms in total. The average molecular weight is 381 g/mol. The van der Waals surface area contributed by atoms with Crippen molar-refractivity contribution in [2.45, 2.75) is 45.8 Å². The Kier molecular flexibility index (Phi) is 5.17. The number of anilines is 1. The summed E-state index contributed by atoms with van der Waals surface area (Å²) in [6.07, 6.45) is 1.51. The van der Waals surface area contributed by atoms with Crippen molar-refractivity contribution < 1.29 is 9.53 Å². The van der Waals surface area contributed by atoms with Gasteiger partial charge in [0.1, 0.15) is 17.6 Å². The van der Waals surface area contributed by atoms with E-state index in [1.807, 2.05) is 32.0 Å². The highest BCUT2D eigenvalue weighted by atomic mass is 16.5. The van der Waals surface area contributed by atoms with Gasteiger partial charge in [0, 0.05) is 13.2 Å². The monoisotopic (exact) mass is 381 g/mol. The minimum atomic E-state index is -0.162. The van der Waals surface area contributed by atoms with Crippen molar-refractivity contribution in [1.29, 1.82) is 0 Å². The number of nitrogens with zero attached hydrogens (tertiary/aromatic N) is 4. The SMILES string of the molecule is CCCN1C(=O)N2CC(Cc3ccccc3)N=C2c2[nH]c(C(C)OCC)nc21. The predicted molar refractivity (Wildman–Crippen MR) is 109 cm³/mol. The molecule has 0 bridgehead atoms. The molecule has 2 atom stereocenters. The van der Waals surface area contributed by atoms with Gasteiger partial charge in [-0.2, -0.15) is 0 Å². The highest BCUT2D eigenvalue weighted by molar-refractivity contribution is 6.18. The molecule has 0 saturated heterocycles. The number of carbonyl (C=O) groups is 1. The van der Waals surface area contributed by atoms with Crippen LogP contribution >= 0.6 is 0 Å². The van der Waals surface area contributed by atoms with E-state index in [2.05, 4.69) is 24.0 Å². The molecular weight excluding hydrogens is 354 g/mol. The zero-order valence-electron chi connectivity index (χ0n) is 16.7. The summed E-state index contributed by atoms with van der Waals surface area (Å²) in [7, 11) is 0. The maximum atomic E-state index is 13.1. The quantitative estimate of drug-likeness (QED) is 0.797. The first-order valence-corrected chi connectivity index (χ1v) is 10.0. The second-order valence-electron chi connectivity index (χ2n) is 7.26. The largest absolute Gasteiger partial charge is 0.371 e. The van der Waals surface area contributed by atoms with Crippen molar-refractivity contribution in [2.75, 3.05) is 24.6 Å². The molecular formula is C21H27N5O2. The number of carbonyl (C=O) groups excluding carboxylic acids is 1. The molecule has 3 heterocycles. The smallest absolute Gasteiger partial charge is 0.331 e. The summed E-state index contributed by atoms with van der Waals surface area (Å²) >= 11 is 0. The first-order valence-electron chi connectivity index (χ1n) is 10.0. The molecule has 148 valence electrons. The number of nitrogens with one attached hydrogen (secondary N) is 1.